The average molecular weight is 446 g/mol. The summed E-state index contributed by atoms with van der Waals surface area (Å²) in [5, 5.41) is 12.3. The Labute approximate surface area is 191 Å². The summed E-state index contributed by atoms with van der Waals surface area (Å²) in [5.41, 5.74) is 9.09. The van der Waals surface area contributed by atoms with Gasteiger partial charge in [0.15, 0.2) is 0 Å². The number of aliphatic carboxylic acids is 1. The van der Waals surface area contributed by atoms with Gasteiger partial charge in [0.2, 0.25) is 5.91 Å². The van der Waals surface area contributed by atoms with Crippen LogP contribution in [0.5, 0.6) is 0 Å². The Morgan fingerprint density at radius 3 is 2.56 bits per heavy atom. The smallest absolute Gasteiger partial charge is 0.326 e. The monoisotopic (exact) mass is 445 g/mol. The summed E-state index contributed by atoms with van der Waals surface area (Å²) in [7, 11) is 0. The number of carboxylic acid groups (broad SMARTS) is 1. The van der Waals surface area contributed by atoms with Crippen molar-refractivity contribution in [2.24, 2.45) is 11.1 Å². The zero-order valence-electron chi connectivity index (χ0n) is 19.2. The summed E-state index contributed by atoms with van der Waals surface area (Å²) in [6.45, 7) is 1.19. The van der Waals surface area contributed by atoms with Crippen molar-refractivity contribution >= 4 is 11.9 Å². The lowest BCUT2D eigenvalue weighted by molar-refractivity contribution is -0.145. The van der Waals surface area contributed by atoms with E-state index in [-0.39, 0.29) is 12.5 Å². The number of fused-ring (bicyclic) bond motifs is 1. The van der Waals surface area contributed by atoms with E-state index in [0.717, 1.165) is 44.9 Å². The van der Waals surface area contributed by atoms with Crippen LogP contribution in [0.15, 0.2) is 12.1 Å². The van der Waals surface area contributed by atoms with Crippen molar-refractivity contribution < 1.29 is 19.4 Å². The first-order valence-electron chi connectivity index (χ1n) is 12.3. The molecule has 2 heterocycles. The van der Waals surface area contributed by atoms with Crippen LogP contribution >= 0.6 is 0 Å². The minimum absolute atomic E-state index is 0.216. The lowest BCUT2D eigenvalue weighted by Crippen LogP contribution is -2.53. The molecule has 0 saturated carbocycles. The quantitative estimate of drug-likeness (QED) is 0.426. The first kappa shape index (κ1) is 24.6. The van der Waals surface area contributed by atoms with Crippen molar-refractivity contribution in [1.29, 1.82) is 0 Å². The maximum atomic E-state index is 12.7. The Hall–Kier alpha value is -1.99. The third kappa shape index (κ3) is 6.75. The molecule has 2 aliphatic rings. The zero-order valence-corrected chi connectivity index (χ0v) is 19.2. The molecule has 1 atom stereocenters. The fourth-order valence-electron chi connectivity index (χ4n) is 4.81. The highest BCUT2D eigenvalue weighted by Crippen LogP contribution is 2.30. The molecule has 1 aliphatic carbocycles. The fraction of sp³-hybridized carbons (Fsp3) is 0.720. The number of hydrogen-bond acceptors (Lipinski definition) is 5. The van der Waals surface area contributed by atoms with Crippen LogP contribution < -0.4 is 11.1 Å². The van der Waals surface area contributed by atoms with E-state index in [0.29, 0.717) is 32.5 Å². The number of ether oxygens (including phenoxy) is 1. The fourth-order valence-corrected chi connectivity index (χ4v) is 4.81. The highest BCUT2D eigenvalue weighted by atomic mass is 16.5. The van der Waals surface area contributed by atoms with Gasteiger partial charge in [0.05, 0.1) is 5.41 Å². The molecule has 1 amide bonds. The molecule has 1 fully saturated rings. The SMILES string of the molecule is NCC1(C(=O)N[C@@H](CCCCCCCc2ccc3c(n2)CCCC3)C(=O)O)CCOCC1. The number of unbranched alkanes of at least 4 members (excludes halogenated alkanes) is 4. The van der Waals surface area contributed by atoms with E-state index in [2.05, 4.69) is 17.4 Å². The highest BCUT2D eigenvalue weighted by molar-refractivity contribution is 5.87. The summed E-state index contributed by atoms with van der Waals surface area (Å²) >= 11 is 0. The van der Waals surface area contributed by atoms with Gasteiger partial charge in [0.1, 0.15) is 6.04 Å². The largest absolute Gasteiger partial charge is 0.480 e. The van der Waals surface area contributed by atoms with Crippen molar-refractivity contribution in [3.8, 4) is 0 Å². The van der Waals surface area contributed by atoms with Gasteiger partial charge in [-0.2, -0.15) is 0 Å². The topological polar surface area (TPSA) is 115 Å². The molecule has 1 aromatic rings. The average Bonchev–Trinajstić information content (AvgIpc) is 2.82. The Morgan fingerprint density at radius 2 is 1.81 bits per heavy atom. The number of pyridine rings is 1. The zero-order chi connectivity index (χ0) is 22.8. The van der Waals surface area contributed by atoms with E-state index in [4.69, 9.17) is 15.5 Å². The van der Waals surface area contributed by atoms with Crippen molar-refractivity contribution in [1.82, 2.24) is 10.3 Å². The highest BCUT2D eigenvalue weighted by Gasteiger charge is 2.40. The molecule has 178 valence electrons. The first-order valence-corrected chi connectivity index (χ1v) is 12.3. The van der Waals surface area contributed by atoms with E-state index < -0.39 is 17.4 Å². The Kier molecular flexibility index (Phi) is 9.48. The third-order valence-electron chi connectivity index (χ3n) is 7.09. The molecule has 0 aromatic carbocycles. The van der Waals surface area contributed by atoms with Crippen LogP contribution in [0.2, 0.25) is 0 Å². The predicted octanol–water partition coefficient (Wildman–Crippen LogP) is 3.17. The van der Waals surface area contributed by atoms with Crippen LogP contribution in [0.25, 0.3) is 0 Å². The predicted molar refractivity (Wildman–Crippen MR) is 123 cm³/mol. The Morgan fingerprint density at radius 1 is 1.09 bits per heavy atom. The lowest BCUT2D eigenvalue weighted by Gasteiger charge is -2.35. The second-order valence-corrected chi connectivity index (χ2v) is 9.38. The second-order valence-electron chi connectivity index (χ2n) is 9.38. The van der Waals surface area contributed by atoms with E-state index in [1.807, 2.05) is 0 Å². The van der Waals surface area contributed by atoms with Crippen LogP contribution in [-0.2, 0) is 33.6 Å². The number of carbonyl (C=O) groups excluding carboxylic acids is 1. The van der Waals surface area contributed by atoms with Crippen LogP contribution in [0, 0.1) is 5.41 Å². The molecule has 7 heteroatoms. The number of amides is 1. The van der Waals surface area contributed by atoms with E-state index >= 15 is 0 Å². The number of rotatable bonds is 12. The van der Waals surface area contributed by atoms with Gasteiger partial charge in [-0.15, -0.1) is 0 Å². The molecule has 1 aliphatic heterocycles. The third-order valence-corrected chi connectivity index (χ3v) is 7.09. The minimum atomic E-state index is -0.976. The normalized spacial score (nSPS) is 18.5. The number of nitrogens with one attached hydrogen (secondary N) is 1. The lowest BCUT2D eigenvalue weighted by atomic mass is 9.79. The van der Waals surface area contributed by atoms with Gasteiger partial charge in [0.25, 0.3) is 0 Å². The summed E-state index contributed by atoms with van der Waals surface area (Å²) in [5.74, 6) is -1.22. The number of aromatic nitrogens is 1. The van der Waals surface area contributed by atoms with Gasteiger partial charge < -0.3 is 20.9 Å². The maximum Gasteiger partial charge on any atom is 0.326 e. The van der Waals surface area contributed by atoms with Gasteiger partial charge >= 0.3 is 5.97 Å². The van der Waals surface area contributed by atoms with Crippen LogP contribution in [0.1, 0.15) is 81.2 Å². The first-order chi connectivity index (χ1) is 15.5. The minimum Gasteiger partial charge on any atom is -0.480 e. The van der Waals surface area contributed by atoms with Crippen molar-refractivity contribution in [3.05, 3.63) is 29.1 Å². The second kappa shape index (κ2) is 12.3. The van der Waals surface area contributed by atoms with Crippen molar-refractivity contribution in [2.75, 3.05) is 19.8 Å². The van der Waals surface area contributed by atoms with E-state index in [1.165, 1.54) is 36.2 Å². The summed E-state index contributed by atoms with van der Waals surface area (Å²) in [6.07, 6.45) is 12.4. The van der Waals surface area contributed by atoms with Gasteiger partial charge in [-0.3, -0.25) is 9.78 Å². The molecule has 3 rings (SSSR count). The number of carboxylic acids is 1. The Balaban J connectivity index is 1.33. The molecular formula is C25H39N3O4. The molecule has 4 N–H and O–H groups in total. The number of hydrogen-bond donors (Lipinski definition) is 3. The van der Waals surface area contributed by atoms with Gasteiger partial charge in [0, 0.05) is 31.1 Å². The van der Waals surface area contributed by atoms with Crippen molar-refractivity contribution in [2.45, 2.75) is 89.5 Å². The molecule has 1 aromatic heterocycles. The maximum absolute atomic E-state index is 12.7. The number of aryl methyl sites for hydroxylation is 3. The molecule has 0 spiro atoms. The van der Waals surface area contributed by atoms with Crippen LogP contribution in [0.4, 0.5) is 0 Å². The van der Waals surface area contributed by atoms with E-state index in [1.54, 1.807) is 0 Å². The molecule has 0 unspecified atom stereocenters. The molecule has 1 saturated heterocycles. The summed E-state index contributed by atoms with van der Waals surface area (Å²) in [6, 6.07) is 3.58. The Bertz CT molecular complexity index is 762. The number of nitrogens with zero attached hydrogens (tertiary/aromatic N) is 1. The van der Waals surface area contributed by atoms with Gasteiger partial charge in [-0.05, 0) is 69.4 Å². The number of nitrogens with two attached hydrogens (primary N) is 1. The molecule has 0 bridgehead atoms. The summed E-state index contributed by atoms with van der Waals surface area (Å²) < 4.78 is 5.34. The van der Waals surface area contributed by atoms with Crippen LogP contribution in [-0.4, -0.2) is 47.8 Å². The molecule has 32 heavy (non-hydrogen) atoms. The number of carbonyl (C=O) groups is 2. The molecule has 7 nitrogen and oxygen atoms in total. The van der Waals surface area contributed by atoms with Gasteiger partial charge in [-0.1, -0.05) is 31.7 Å². The summed E-state index contributed by atoms with van der Waals surface area (Å²) in [4.78, 5) is 29.3. The van der Waals surface area contributed by atoms with Gasteiger partial charge in [-0.25, -0.2) is 4.79 Å². The van der Waals surface area contributed by atoms with E-state index in [9.17, 15) is 14.7 Å². The van der Waals surface area contributed by atoms with Crippen LogP contribution in [0.3, 0.4) is 0 Å². The van der Waals surface area contributed by atoms with Crippen molar-refractivity contribution in [3.63, 3.8) is 0 Å². The molecular weight excluding hydrogens is 406 g/mol. The molecule has 0 radical (unpaired) electrons. The standard InChI is InChI=1S/C25H39N3O4/c26-18-25(14-16-32-17-15-25)24(31)28-22(23(29)30)11-5-3-1-2-4-9-20-13-12-19-8-6-7-10-21(19)27-20/h12-13,22H,1-11,14-18,26H2,(H,28,31)(H,29,30)/t22-/m0/s1.